The van der Waals surface area contributed by atoms with Gasteiger partial charge in [-0.3, -0.25) is 19.5 Å². The molecular formula is C19H19FN4O3. The van der Waals surface area contributed by atoms with Gasteiger partial charge >= 0.3 is 6.03 Å². The predicted molar refractivity (Wildman–Crippen MR) is 94.9 cm³/mol. The Bertz CT molecular complexity index is 857. The van der Waals surface area contributed by atoms with Crippen LogP contribution in [-0.4, -0.2) is 40.8 Å². The summed E-state index contributed by atoms with van der Waals surface area (Å²) in [6.45, 7) is 1.49. The van der Waals surface area contributed by atoms with Gasteiger partial charge in [0, 0.05) is 12.7 Å². The minimum absolute atomic E-state index is 0.311. The first-order valence-corrected chi connectivity index (χ1v) is 8.47. The molecule has 1 unspecified atom stereocenters. The molecule has 7 nitrogen and oxygen atoms in total. The summed E-state index contributed by atoms with van der Waals surface area (Å²) in [7, 11) is 0. The number of hydrogen-bond acceptors (Lipinski definition) is 4. The molecule has 2 N–H and O–H groups in total. The number of halogens is 1. The highest BCUT2D eigenvalue weighted by Crippen LogP contribution is 2.26. The number of hydrogen-bond donors (Lipinski definition) is 2. The van der Waals surface area contributed by atoms with Crippen molar-refractivity contribution in [2.75, 3.05) is 13.1 Å². The number of carbonyl (C=O) groups is 3. The maximum atomic E-state index is 12.9. The lowest BCUT2D eigenvalue weighted by atomic mass is 9.97. The molecule has 140 valence electrons. The Balaban J connectivity index is 1.57. The van der Waals surface area contributed by atoms with Gasteiger partial charge in [-0.05, 0) is 43.2 Å². The molecule has 0 spiro atoms. The van der Waals surface area contributed by atoms with Crippen LogP contribution in [0.15, 0.2) is 48.7 Å². The van der Waals surface area contributed by atoms with Crippen molar-refractivity contribution < 1.29 is 18.8 Å². The van der Waals surface area contributed by atoms with Gasteiger partial charge in [0.05, 0.1) is 5.69 Å². The van der Waals surface area contributed by atoms with E-state index in [0.29, 0.717) is 18.7 Å². The van der Waals surface area contributed by atoms with Gasteiger partial charge in [-0.1, -0.05) is 18.2 Å². The average molecular weight is 370 g/mol. The zero-order valence-corrected chi connectivity index (χ0v) is 14.7. The molecule has 4 amide bonds. The fraction of sp³-hybridized carbons (Fsp3) is 0.263. The zero-order valence-electron chi connectivity index (χ0n) is 14.7. The predicted octanol–water partition coefficient (Wildman–Crippen LogP) is 1.35. The van der Waals surface area contributed by atoms with E-state index in [1.54, 1.807) is 37.3 Å². The molecule has 2 heterocycles. The van der Waals surface area contributed by atoms with Gasteiger partial charge in [0.15, 0.2) is 5.54 Å². The summed E-state index contributed by atoms with van der Waals surface area (Å²) in [6.07, 6.45) is 2.04. The first kappa shape index (κ1) is 18.5. The topological polar surface area (TPSA) is 91.4 Å². The lowest BCUT2D eigenvalue weighted by Crippen LogP contribution is -2.43. The molecule has 1 aromatic heterocycles. The highest BCUT2D eigenvalue weighted by molar-refractivity contribution is 6.08. The summed E-state index contributed by atoms with van der Waals surface area (Å²) in [5, 5.41) is 5.26. The molecule has 27 heavy (non-hydrogen) atoms. The number of pyridine rings is 1. The summed E-state index contributed by atoms with van der Waals surface area (Å²) >= 11 is 0. The molecule has 1 aromatic carbocycles. The van der Waals surface area contributed by atoms with E-state index in [9.17, 15) is 18.8 Å². The van der Waals surface area contributed by atoms with Crippen LogP contribution in [0.2, 0.25) is 0 Å². The number of carbonyl (C=O) groups excluding carboxylic acids is 3. The van der Waals surface area contributed by atoms with Crippen LogP contribution in [0.5, 0.6) is 0 Å². The Morgan fingerprint density at radius 2 is 1.96 bits per heavy atom. The Labute approximate surface area is 155 Å². The van der Waals surface area contributed by atoms with E-state index in [4.69, 9.17) is 0 Å². The maximum absolute atomic E-state index is 12.9. The van der Waals surface area contributed by atoms with Gasteiger partial charge in [-0.25, -0.2) is 9.18 Å². The van der Waals surface area contributed by atoms with Crippen molar-refractivity contribution in [1.82, 2.24) is 20.5 Å². The summed E-state index contributed by atoms with van der Waals surface area (Å²) in [5.41, 5.74) is -0.0239. The number of imide groups is 1. The van der Waals surface area contributed by atoms with E-state index >= 15 is 0 Å². The molecule has 0 radical (unpaired) electrons. The minimum atomic E-state index is -1.30. The normalized spacial score (nSPS) is 19.1. The Kier molecular flexibility index (Phi) is 5.16. The van der Waals surface area contributed by atoms with Crippen LogP contribution in [0.3, 0.4) is 0 Å². The first-order chi connectivity index (χ1) is 12.9. The van der Waals surface area contributed by atoms with Crippen molar-refractivity contribution in [2.45, 2.75) is 18.9 Å². The first-order valence-electron chi connectivity index (χ1n) is 8.47. The van der Waals surface area contributed by atoms with Crippen LogP contribution in [0.1, 0.15) is 18.2 Å². The molecular weight excluding hydrogens is 351 g/mol. The van der Waals surface area contributed by atoms with E-state index in [-0.39, 0.29) is 12.4 Å². The van der Waals surface area contributed by atoms with Gasteiger partial charge in [-0.15, -0.1) is 0 Å². The zero-order chi connectivity index (χ0) is 19.4. The SMILES string of the molecule is CC1(c2ccccn2)NC(=O)N(CC(=O)NCCc2ccc(F)cc2)C1=O. The van der Waals surface area contributed by atoms with Gasteiger partial charge in [0.25, 0.3) is 5.91 Å². The van der Waals surface area contributed by atoms with Crippen molar-refractivity contribution in [2.24, 2.45) is 0 Å². The second-order valence-corrected chi connectivity index (χ2v) is 6.39. The van der Waals surface area contributed by atoms with E-state index < -0.39 is 23.4 Å². The molecule has 2 aromatic rings. The number of benzene rings is 1. The molecule has 1 atom stereocenters. The van der Waals surface area contributed by atoms with Crippen molar-refractivity contribution in [3.8, 4) is 0 Å². The second kappa shape index (κ2) is 7.53. The molecule has 1 fully saturated rings. The number of nitrogens with one attached hydrogen (secondary N) is 2. The summed E-state index contributed by atoms with van der Waals surface area (Å²) in [4.78, 5) is 42.0. The average Bonchev–Trinajstić information content (AvgIpc) is 2.88. The molecule has 8 heteroatoms. The van der Waals surface area contributed by atoms with Crippen LogP contribution in [0.25, 0.3) is 0 Å². The van der Waals surface area contributed by atoms with E-state index in [2.05, 4.69) is 15.6 Å². The number of amides is 4. The van der Waals surface area contributed by atoms with Gasteiger partial charge in [-0.2, -0.15) is 0 Å². The van der Waals surface area contributed by atoms with Gasteiger partial charge < -0.3 is 10.6 Å². The molecule has 1 saturated heterocycles. The molecule has 1 aliphatic rings. The van der Waals surface area contributed by atoms with E-state index in [1.165, 1.54) is 18.3 Å². The minimum Gasteiger partial charge on any atom is -0.354 e. The third-order valence-electron chi connectivity index (χ3n) is 4.40. The van der Waals surface area contributed by atoms with Gasteiger partial charge in [0.2, 0.25) is 5.91 Å². The highest BCUT2D eigenvalue weighted by atomic mass is 19.1. The fourth-order valence-electron chi connectivity index (χ4n) is 2.87. The number of urea groups is 1. The standard InChI is InChI=1S/C19H19FN4O3/c1-19(15-4-2-3-10-21-15)17(26)24(18(27)23-19)12-16(25)22-11-9-13-5-7-14(20)8-6-13/h2-8,10H,9,11-12H2,1H3,(H,22,25)(H,23,27). The van der Waals surface area contributed by atoms with Crippen LogP contribution in [0, 0.1) is 5.82 Å². The monoisotopic (exact) mass is 370 g/mol. The van der Waals surface area contributed by atoms with E-state index in [1.807, 2.05) is 0 Å². The van der Waals surface area contributed by atoms with Crippen molar-refractivity contribution in [3.05, 3.63) is 65.7 Å². The number of aromatic nitrogens is 1. The van der Waals surface area contributed by atoms with Crippen LogP contribution in [0.4, 0.5) is 9.18 Å². The Hall–Kier alpha value is -3.29. The molecule has 1 aliphatic heterocycles. The third kappa shape index (κ3) is 3.94. The smallest absolute Gasteiger partial charge is 0.325 e. The highest BCUT2D eigenvalue weighted by Gasteiger charge is 2.50. The van der Waals surface area contributed by atoms with Crippen LogP contribution in [-0.2, 0) is 21.5 Å². The molecule has 0 aliphatic carbocycles. The Morgan fingerprint density at radius 3 is 2.63 bits per heavy atom. The maximum Gasteiger partial charge on any atom is 0.325 e. The third-order valence-corrected chi connectivity index (χ3v) is 4.40. The molecule has 0 saturated carbocycles. The number of nitrogens with zero attached hydrogens (tertiary/aromatic N) is 2. The molecule has 3 rings (SSSR count). The summed E-state index contributed by atoms with van der Waals surface area (Å²) in [5.74, 6) is -1.30. The lowest BCUT2D eigenvalue weighted by Gasteiger charge is -2.20. The van der Waals surface area contributed by atoms with Crippen molar-refractivity contribution >= 4 is 17.8 Å². The largest absolute Gasteiger partial charge is 0.354 e. The lowest BCUT2D eigenvalue weighted by molar-refractivity contribution is -0.134. The fourth-order valence-corrected chi connectivity index (χ4v) is 2.87. The molecule has 0 bridgehead atoms. The van der Waals surface area contributed by atoms with Crippen LogP contribution < -0.4 is 10.6 Å². The van der Waals surface area contributed by atoms with Crippen molar-refractivity contribution in [3.63, 3.8) is 0 Å². The number of rotatable bonds is 6. The summed E-state index contributed by atoms with van der Waals surface area (Å²) < 4.78 is 12.9. The second-order valence-electron chi connectivity index (χ2n) is 6.39. The summed E-state index contributed by atoms with van der Waals surface area (Å²) in [6, 6.07) is 10.4. The quantitative estimate of drug-likeness (QED) is 0.751. The van der Waals surface area contributed by atoms with Gasteiger partial charge in [0.1, 0.15) is 12.4 Å². The van der Waals surface area contributed by atoms with Crippen LogP contribution >= 0.6 is 0 Å². The van der Waals surface area contributed by atoms with E-state index in [0.717, 1.165) is 10.5 Å². The van der Waals surface area contributed by atoms with Crippen molar-refractivity contribution in [1.29, 1.82) is 0 Å². The Morgan fingerprint density at radius 1 is 1.22 bits per heavy atom.